The highest BCUT2D eigenvalue weighted by Crippen LogP contribution is 2.38. The lowest BCUT2D eigenvalue weighted by molar-refractivity contribution is 0.00578. The van der Waals surface area contributed by atoms with Gasteiger partial charge in [0.05, 0.1) is 11.2 Å². The highest BCUT2D eigenvalue weighted by molar-refractivity contribution is 6.55. The monoisotopic (exact) mass is 305 g/mol. The van der Waals surface area contributed by atoms with Crippen LogP contribution in [-0.2, 0) is 9.31 Å². The average Bonchev–Trinajstić information content (AvgIpc) is 2.65. The molecule has 0 saturated carbocycles. The van der Waals surface area contributed by atoms with E-state index in [1.165, 1.54) is 12.4 Å². The molecular formula is C14H20BN3O4. The van der Waals surface area contributed by atoms with Crippen molar-refractivity contribution in [3.05, 3.63) is 29.3 Å². The molecule has 0 bridgehead atoms. The van der Waals surface area contributed by atoms with Crippen LogP contribution < -0.4 is 5.73 Å². The number of aromatic nitrogens is 2. The molecule has 1 saturated heterocycles. The molecule has 0 unspecified atom stereocenters. The van der Waals surface area contributed by atoms with Crippen LogP contribution in [0.2, 0.25) is 0 Å². The van der Waals surface area contributed by atoms with E-state index in [-0.39, 0.29) is 12.4 Å². The van der Waals surface area contributed by atoms with Crippen molar-refractivity contribution in [2.45, 2.75) is 38.9 Å². The van der Waals surface area contributed by atoms with Crippen molar-refractivity contribution in [2.75, 3.05) is 6.54 Å². The third kappa shape index (κ3) is 3.19. The summed E-state index contributed by atoms with van der Waals surface area (Å²) in [4.78, 5) is 18.3. The molecule has 7 nitrogen and oxygen atoms in total. The Bertz CT molecular complexity index is 583. The first-order chi connectivity index (χ1) is 10.2. The van der Waals surface area contributed by atoms with Crippen LogP contribution in [0.1, 0.15) is 43.9 Å². The fourth-order valence-corrected chi connectivity index (χ4v) is 1.95. The summed E-state index contributed by atoms with van der Waals surface area (Å²) in [6.45, 7) is 8.10. The summed E-state index contributed by atoms with van der Waals surface area (Å²) < 4.78 is 11.9. The summed E-state index contributed by atoms with van der Waals surface area (Å²) in [5, 5.41) is 8.79. The molecule has 1 aliphatic rings. The molecule has 1 aromatic rings. The van der Waals surface area contributed by atoms with Crippen LogP contribution in [0.15, 0.2) is 17.9 Å². The molecule has 1 aromatic heterocycles. The van der Waals surface area contributed by atoms with Crippen molar-refractivity contribution in [3.63, 3.8) is 0 Å². The van der Waals surface area contributed by atoms with E-state index >= 15 is 0 Å². The van der Waals surface area contributed by atoms with Gasteiger partial charge in [-0.15, -0.1) is 0 Å². The van der Waals surface area contributed by atoms with Crippen LogP contribution >= 0.6 is 0 Å². The minimum Gasteiger partial charge on any atom is -0.475 e. The molecular weight excluding hydrogens is 285 g/mol. The molecule has 0 aliphatic carbocycles. The molecule has 0 spiro atoms. The Morgan fingerprint density at radius 3 is 2.18 bits per heavy atom. The number of carboxylic acids is 1. The molecule has 2 rings (SSSR count). The standard InChI is InChI=1S/C14H20BN3O4/c1-13(2)14(3,4)22-15(21-13)10(6-16)5-9-7-17-11(12(19)20)18-8-9/h5,7-8H,6,16H2,1-4H3,(H,19,20). The first kappa shape index (κ1) is 16.6. The Balaban J connectivity index is 2.23. The summed E-state index contributed by atoms with van der Waals surface area (Å²) >= 11 is 0. The molecule has 0 aromatic carbocycles. The Labute approximate surface area is 129 Å². The summed E-state index contributed by atoms with van der Waals surface area (Å²) in [6, 6.07) is 0. The Hall–Kier alpha value is -1.77. The van der Waals surface area contributed by atoms with Gasteiger partial charge < -0.3 is 20.1 Å². The predicted molar refractivity (Wildman–Crippen MR) is 82.1 cm³/mol. The van der Waals surface area contributed by atoms with Gasteiger partial charge in [-0.2, -0.15) is 0 Å². The predicted octanol–water partition coefficient (Wildman–Crippen LogP) is 1.15. The zero-order valence-electron chi connectivity index (χ0n) is 13.2. The molecule has 8 heteroatoms. The number of hydrogen-bond donors (Lipinski definition) is 2. The summed E-state index contributed by atoms with van der Waals surface area (Å²) in [7, 11) is -0.547. The number of nitrogens with zero attached hydrogens (tertiary/aromatic N) is 2. The quantitative estimate of drug-likeness (QED) is 0.803. The van der Waals surface area contributed by atoms with Gasteiger partial charge in [0.2, 0.25) is 5.82 Å². The van der Waals surface area contributed by atoms with Crippen molar-refractivity contribution >= 4 is 19.2 Å². The number of rotatable bonds is 4. The Morgan fingerprint density at radius 2 is 1.77 bits per heavy atom. The van der Waals surface area contributed by atoms with Gasteiger partial charge in [0, 0.05) is 24.5 Å². The third-order valence-electron chi connectivity index (χ3n) is 4.01. The number of aromatic carboxylic acids is 1. The van der Waals surface area contributed by atoms with E-state index in [2.05, 4.69) is 9.97 Å². The fourth-order valence-electron chi connectivity index (χ4n) is 1.95. The minimum atomic E-state index is -1.17. The maximum Gasteiger partial charge on any atom is 0.491 e. The first-order valence-electron chi connectivity index (χ1n) is 6.98. The van der Waals surface area contributed by atoms with E-state index in [1.807, 2.05) is 27.7 Å². The van der Waals surface area contributed by atoms with Gasteiger partial charge in [0.15, 0.2) is 0 Å². The molecule has 118 valence electrons. The summed E-state index contributed by atoms with van der Waals surface area (Å²) in [5.41, 5.74) is 6.27. The number of nitrogens with two attached hydrogens (primary N) is 1. The Kier molecular flexibility index (Phi) is 4.37. The summed E-state index contributed by atoms with van der Waals surface area (Å²) in [6.07, 6.45) is 4.61. The molecule has 3 N–H and O–H groups in total. The van der Waals surface area contributed by atoms with E-state index in [0.29, 0.717) is 5.56 Å². The average molecular weight is 305 g/mol. The van der Waals surface area contributed by atoms with Gasteiger partial charge in [0.25, 0.3) is 0 Å². The van der Waals surface area contributed by atoms with Crippen molar-refractivity contribution < 1.29 is 19.2 Å². The van der Waals surface area contributed by atoms with Gasteiger partial charge in [-0.1, -0.05) is 6.08 Å². The SMILES string of the molecule is CC1(C)OB(C(=Cc2cnc(C(=O)O)nc2)CN)OC1(C)C. The van der Waals surface area contributed by atoms with Crippen LogP contribution in [0.3, 0.4) is 0 Å². The summed E-state index contributed by atoms with van der Waals surface area (Å²) in [5.74, 6) is -1.41. The molecule has 0 atom stereocenters. The fraction of sp³-hybridized carbons (Fsp3) is 0.500. The molecule has 1 aliphatic heterocycles. The van der Waals surface area contributed by atoms with Gasteiger partial charge in [0.1, 0.15) is 0 Å². The lowest BCUT2D eigenvalue weighted by Gasteiger charge is -2.32. The maximum absolute atomic E-state index is 10.7. The lowest BCUT2D eigenvalue weighted by atomic mass is 9.77. The smallest absolute Gasteiger partial charge is 0.475 e. The van der Waals surface area contributed by atoms with E-state index in [4.69, 9.17) is 20.1 Å². The van der Waals surface area contributed by atoms with E-state index in [9.17, 15) is 4.79 Å². The lowest BCUT2D eigenvalue weighted by Crippen LogP contribution is -2.41. The first-order valence-corrected chi connectivity index (χ1v) is 6.98. The highest BCUT2D eigenvalue weighted by Gasteiger charge is 2.52. The van der Waals surface area contributed by atoms with Gasteiger partial charge in [-0.05, 0) is 33.2 Å². The number of carbonyl (C=O) groups is 1. The molecule has 22 heavy (non-hydrogen) atoms. The van der Waals surface area contributed by atoms with Crippen molar-refractivity contribution in [3.8, 4) is 0 Å². The van der Waals surface area contributed by atoms with Crippen molar-refractivity contribution in [1.29, 1.82) is 0 Å². The zero-order valence-corrected chi connectivity index (χ0v) is 13.2. The van der Waals surface area contributed by atoms with Gasteiger partial charge in [-0.25, -0.2) is 14.8 Å². The molecule has 0 radical (unpaired) electrons. The van der Waals surface area contributed by atoms with Crippen molar-refractivity contribution in [2.24, 2.45) is 5.73 Å². The maximum atomic E-state index is 10.7. The largest absolute Gasteiger partial charge is 0.491 e. The number of hydrogen-bond acceptors (Lipinski definition) is 6. The third-order valence-corrected chi connectivity index (χ3v) is 4.01. The number of carboxylic acid groups (broad SMARTS) is 1. The second-order valence-electron chi connectivity index (χ2n) is 6.16. The second-order valence-corrected chi connectivity index (χ2v) is 6.16. The second kappa shape index (κ2) is 5.79. The van der Waals surface area contributed by atoms with E-state index in [1.54, 1.807) is 6.08 Å². The molecule has 0 amide bonds. The molecule has 2 heterocycles. The van der Waals surface area contributed by atoms with Crippen LogP contribution in [0.25, 0.3) is 6.08 Å². The zero-order chi connectivity index (χ0) is 16.5. The van der Waals surface area contributed by atoms with E-state index in [0.717, 1.165) is 5.47 Å². The Morgan fingerprint density at radius 1 is 1.27 bits per heavy atom. The van der Waals surface area contributed by atoms with E-state index < -0.39 is 24.3 Å². The van der Waals surface area contributed by atoms with Crippen molar-refractivity contribution in [1.82, 2.24) is 9.97 Å². The van der Waals surface area contributed by atoms with Gasteiger partial charge in [-0.3, -0.25) is 0 Å². The van der Waals surface area contributed by atoms with Crippen LogP contribution in [-0.4, -0.2) is 45.9 Å². The van der Waals surface area contributed by atoms with Crippen LogP contribution in [0.4, 0.5) is 0 Å². The normalized spacial score (nSPS) is 20.2. The topological polar surface area (TPSA) is 108 Å². The highest BCUT2D eigenvalue weighted by atomic mass is 16.7. The van der Waals surface area contributed by atoms with Crippen LogP contribution in [0.5, 0.6) is 0 Å². The minimum absolute atomic E-state index is 0.248. The van der Waals surface area contributed by atoms with Crippen LogP contribution in [0, 0.1) is 0 Å². The van der Waals surface area contributed by atoms with Gasteiger partial charge >= 0.3 is 13.1 Å². The molecule has 1 fully saturated rings.